The van der Waals surface area contributed by atoms with Gasteiger partial charge in [0, 0.05) is 25.8 Å². The molecule has 0 aliphatic carbocycles. The summed E-state index contributed by atoms with van der Waals surface area (Å²) in [7, 11) is 1.51. The van der Waals surface area contributed by atoms with Crippen LogP contribution in [0.15, 0.2) is 33.9 Å². The van der Waals surface area contributed by atoms with Gasteiger partial charge in [0.1, 0.15) is 6.54 Å². The number of rotatable bonds is 4. The number of hydrogen-bond acceptors (Lipinski definition) is 5. The number of fused-ring (bicyclic) bond motifs is 3. The van der Waals surface area contributed by atoms with Gasteiger partial charge in [-0.2, -0.15) is 4.98 Å². The minimum Gasteiger partial charge on any atom is -0.480 e. The monoisotopic (exact) mass is 397 g/mol. The summed E-state index contributed by atoms with van der Waals surface area (Å²) in [5.41, 5.74) is 1.39. The Hall–Kier alpha value is -3.36. The zero-order valence-electron chi connectivity index (χ0n) is 16.6. The van der Waals surface area contributed by atoms with Gasteiger partial charge in [0.05, 0.1) is 0 Å². The van der Waals surface area contributed by atoms with Crippen LogP contribution in [0.3, 0.4) is 0 Å². The molecule has 1 aliphatic rings. The number of carboxylic acids is 1. The maximum atomic E-state index is 13.0. The molecule has 0 saturated heterocycles. The van der Waals surface area contributed by atoms with Gasteiger partial charge in [0.15, 0.2) is 11.2 Å². The van der Waals surface area contributed by atoms with Crippen LogP contribution in [0.25, 0.3) is 11.2 Å². The van der Waals surface area contributed by atoms with Crippen molar-refractivity contribution in [3.8, 4) is 0 Å². The van der Waals surface area contributed by atoms with Gasteiger partial charge >= 0.3 is 11.7 Å². The molecule has 0 unspecified atom stereocenters. The fourth-order valence-electron chi connectivity index (χ4n) is 3.91. The fraction of sp³-hybridized carbons (Fsp3) is 0.400. The predicted octanol–water partition coefficient (Wildman–Crippen LogP) is 1.33. The number of nitrogens with zero attached hydrogens (tertiary/aromatic N) is 5. The summed E-state index contributed by atoms with van der Waals surface area (Å²) in [6.45, 7) is 4.79. The molecule has 29 heavy (non-hydrogen) atoms. The molecule has 1 atom stereocenters. The number of benzene rings is 1. The molecule has 2 aromatic heterocycles. The molecule has 0 bridgehead atoms. The Morgan fingerprint density at radius 2 is 1.90 bits per heavy atom. The number of carbonyl (C=O) groups is 1. The lowest BCUT2D eigenvalue weighted by Gasteiger charge is -2.33. The van der Waals surface area contributed by atoms with Gasteiger partial charge in [0.2, 0.25) is 5.95 Å². The summed E-state index contributed by atoms with van der Waals surface area (Å²) in [5.74, 6) is -0.425. The van der Waals surface area contributed by atoms with Gasteiger partial charge < -0.3 is 14.6 Å². The number of hydrogen-bond donors (Lipinski definition) is 1. The van der Waals surface area contributed by atoms with Crippen LogP contribution in [0.4, 0.5) is 11.6 Å². The molecule has 0 spiro atoms. The molecule has 1 aromatic carbocycles. The van der Waals surface area contributed by atoms with Crippen molar-refractivity contribution in [1.29, 1.82) is 0 Å². The molecule has 9 nitrogen and oxygen atoms in total. The smallest absolute Gasteiger partial charge is 0.333 e. The molecule has 0 amide bonds. The minimum absolute atomic E-state index is 0.232. The highest BCUT2D eigenvalue weighted by Gasteiger charge is 2.30. The van der Waals surface area contributed by atoms with E-state index in [1.54, 1.807) is 4.57 Å². The standard InChI is InChI=1S/C20H23N5O4/c1-4-13-5-7-14(8-6-13)23-9-12(2)10-24-16-17(21-19(23)24)22(3)20(29)25(18(16)28)11-15(26)27/h5-8,12H,4,9-11H2,1-3H3,(H,26,27)/t12-/m0/s1. The second kappa shape index (κ2) is 6.91. The number of anilines is 2. The van der Waals surface area contributed by atoms with E-state index in [4.69, 9.17) is 5.11 Å². The largest absolute Gasteiger partial charge is 0.480 e. The van der Waals surface area contributed by atoms with Gasteiger partial charge in [-0.25, -0.2) is 9.36 Å². The molecular weight excluding hydrogens is 374 g/mol. The summed E-state index contributed by atoms with van der Waals surface area (Å²) in [5, 5.41) is 9.10. The summed E-state index contributed by atoms with van der Waals surface area (Å²) in [6, 6.07) is 8.19. The molecule has 152 valence electrons. The van der Waals surface area contributed by atoms with Crippen LogP contribution in [0, 0.1) is 5.92 Å². The Bertz CT molecular complexity index is 1220. The topological polar surface area (TPSA) is 102 Å². The first-order valence-corrected chi connectivity index (χ1v) is 9.60. The van der Waals surface area contributed by atoms with Gasteiger partial charge in [0.25, 0.3) is 5.56 Å². The van der Waals surface area contributed by atoms with Gasteiger partial charge in [-0.15, -0.1) is 0 Å². The van der Waals surface area contributed by atoms with Crippen molar-refractivity contribution in [3.63, 3.8) is 0 Å². The van der Waals surface area contributed by atoms with E-state index in [1.165, 1.54) is 17.2 Å². The zero-order chi connectivity index (χ0) is 20.9. The first kappa shape index (κ1) is 19.0. The second-order valence-corrected chi connectivity index (χ2v) is 7.56. The normalized spacial score (nSPS) is 16.2. The molecule has 9 heteroatoms. The third-order valence-electron chi connectivity index (χ3n) is 5.39. The van der Waals surface area contributed by atoms with Crippen LogP contribution in [0.5, 0.6) is 0 Å². The number of imidazole rings is 1. The Balaban J connectivity index is 1.96. The molecule has 1 N–H and O–H groups in total. The SMILES string of the molecule is CCc1ccc(N2C[C@H](C)Cn3c2nc2c3c(=O)n(CC(=O)O)c(=O)n2C)cc1. The lowest BCUT2D eigenvalue weighted by atomic mass is 10.1. The van der Waals surface area contributed by atoms with Gasteiger partial charge in [-0.05, 0) is 30.0 Å². The Morgan fingerprint density at radius 3 is 2.52 bits per heavy atom. The van der Waals surface area contributed by atoms with Crippen LogP contribution in [0.1, 0.15) is 19.4 Å². The van der Waals surface area contributed by atoms with Crippen LogP contribution < -0.4 is 16.1 Å². The Kier molecular flexibility index (Phi) is 4.52. The minimum atomic E-state index is -1.24. The second-order valence-electron chi connectivity index (χ2n) is 7.56. The van der Waals surface area contributed by atoms with E-state index in [1.807, 2.05) is 17.0 Å². The number of aryl methyl sites for hydroxylation is 2. The molecule has 0 fully saturated rings. The first-order valence-electron chi connectivity index (χ1n) is 9.60. The quantitative estimate of drug-likeness (QED) is 0.713. The summed E-state index contributed by atoms with van der Waals surface area (Å²) < 4.78 is 3.80. The van der Waals surface area contributed by atoms with E-state index in [-0.39, 0.29) is 17.1 Å². The van der Waals surface area contributed by atoms with Crippen LogP contribution >= 0.6 is 0 Å². The molecule has 0 radical (unpaired) electrons. The van der Waals surface area contributed by atoms with E-state index in [9.17, 15) is 14.4 Å². The van der Waals surface area contributed by atoms with E-state index in [2.05, 4.69) is 31.0 Å². The zero-order valence-corrected chi connectivity index (χ0v) is 16.6. The highest BCUT2D eigenvalue weighted by molar-refractivity contribution is 5.77. The molecule has 4 rings (SSSR count). The van der Waals surface area contributed by atoms with Crippen molar-refractivity contribution in [2.24, 2.45) is 13.0 Å². The van der Waals surface area contributed by atoms with E-state index in [0.29, 0.717) is 12.5 Å². The molecule has 1 aliphatic heterocycles. The van der Waals surface area contributed by atoms with Gasteiger partial charge in [-0.1, -0.05) is 26.0 Å². The number of aromatic nitrogens is 4. The third-order valence-corrected chi connectivity index (χ3v) is 5.39. The third kappa shape index (κ3) is 3.02. The van der Waals surface area contributed by atoms with E-state index >= 15 is 0 Å². The van der Waals surface area contributed by atoms with E-state index < -0.39 is 23.8 Å². The van der Waals surface area contributed by atoms with Crippen molar-refractivity contribution >= 4 is 28.8 Å². The lowest BCUT2D eigenvalue weighted by molar-refractivity contribution is -0.137. The maximum Gasteiger partial charge on any atom is 0.333 e. The van der Waals surface area contributed by atoms with Crippen LogP contribution in [0.2, 0.25) is 0 Å². The number of aliphatic carboxylic acids is 1. The van der Waals surface area contributed by atoms with Crippen molar-refractivity contribution in [3.05, 3.63) is 50.7 Å². The highest BCUT2D eigenvalue weighted by Crippen LogP contribution is 2.32. The lowest BCUT2D eigenvalue weighted by Crippen LogP contribution is -2.41. The van der Waals surface area contributed by atoms with Crippen molar-refractivity contribution in [2.45, 2.75) is 33.4 Å². The van der Waals surface area contributed by atoms with Crippen LogP contribution in [-0.4, -0.2) is 36.3 Å². The Labute approximate surface area is 166 Å². The average molecular weight is 397 g/mol. The maximum absolute atomic E-state index is 13.0. The summed E-state index contributed by atoms with van der Waals surface area (Å²) >= 11 is 0. The molecule has 0 saturated carbocycles. The molecular formula is C20H23N5O4. The summed E-state index contributed by atoms with van der Waals surface area (Å²) in [4.78, 5) is 43.4. The average Bonchev–Trinajstić information content (AvgIpc) is 3.08. The van der Waals surface area contributed by atoms with Crippen molar-refractivity contribution in [2.75, 3.05) is 11.4 Å². The molecule has 3 aromatic rings. The van der Waals surface area contributed by atoms with Crippen molar-refractivity contribution in [1.82, 2.24) is 18.7 Å². The number of carboxylic acid groups (broad SMARTS) is 1. The molecule has 3 heterocycles. The highest BCUT2D eigenvalue weighted by atomic mass is 16.4. The van der Waals surface area contributed by atoms with E-state index in [0.717, 1.165) is 23.2 Å². The van der Waals surface area contributed by atoms with Gasteiger partial charge in [-0.3, -0.25) is 14.2 Å². The predicted molar refractivity (Wildman–Crippen MR) is 109 cm³/mol. The van der Waals surface area contributed by atoms with Crippen LogP contribution in [-0.2, 0) is 31.4 Å². The summed E-state index contributed by atoms with van der Waals surface area (Å²) in [6.07, 6.45) is 0.945. The fourth-order valence-corrected chi connectivity index (χ4v) is 3.91. The Morgan fingerprint density at radius 1 is 1.21 bits per heavy atom. The first-order chi connectivity index (χ1) is 13.8. The van der Waals surface area contributed by atoms with Crippen molar-refractivity contribution < 1.29 is 9.90 Å².